The Hall–Kier alpha value is -3.20. The van der Waals surface area contributed by atoms with Gasteiger partial charge in [0.05, 0.1) is 23.7 Å². The first-order valence-corrected chi connectivity index (χ1v) is 12.4. The highest BCUT2D eigenvalue weighted by Gasteiger charge is 2.32. The van der Waals surface area contributed by atoms with Gasteiger partial charge in [0, 0.05) is 37.2 Å². The molecule has 0 bridgehead atoms. The summed E-state index contributed by atoms with van der Waals surface area (Å²) in [6.07, 6.45) is 1.23. The van der Waals surface area contributed by atoms with Gasteiger partial charge in [0.1, 0.15) is 17.0 Å². The van der Waals surface area contributed by atoms with E-state index in [4.69, 9.17) is 20.2 Å². The lowest BCUT2D eigenvalue weighted by Gasteiger charge is -2.27. The molecule has 36 heavy (non-hydrogen) atoms. The maximum Gasteiger partial charge on any atom is 0.309 e. The molecule has 9 heteroatoms. The number of ether oxygens (including phenoxy) is 2. The average molecular weight is 499 g/mol. The van der Waals surface area contributed by atoms with Gasteiger partial charge in [-0.2, -0.15) is 0 Å². The molecule has 1 aromatic carbocycles. The molecule has 1 aromatic heterocycles. The number of rotatable bonds is 7. The quantitative estimate of drug-likeness (QED) is 0.561. The topological polar surface area (TPSA) is 126 Å². The van der Waals surface area contributed by atoms with Crippen molar-refractivity contribution in [1.29, 1.82) is 0 Å². The van der Waals surface area contributed by atoms with Crippen molar-refractivity contribution in [3.8, 4) is 11.3 Å². The van der Waals surface area contributed by atoms with E-state index in [2.05, 4.69) is 9.88 Å². The van der Waals surface area contributed by atoms with Crippen molar-refractivity contribution in [2.45, 2.75) is 85.1 Å². The van der Waals surface area contributed by atoms with Gasteiger partial charge in [-0.25, -0.2) is 4.98 Å². The van der Waals surface area contributed by atoms with Crippen LogP contribution in [-0.4, -0.2) is 45.1 Å². The molecule has 1 aliphatic rings. The standard InChI is InChI=1S/C27H38N4O5/c1-26(2,3)35-22(32)10-12-29-24(33)18-9-7-8-17(14-18)23-20(16-28)31-13-11-19(15-21(31)30-23)25(34)36-27(4,5)6/h7-9,14,19H,10-13,15-16,28H2,1-6H3,(H,29,33). The second-order valence-electron chi connectivity index (χ2n) is 11.1. The third-order valence-corrected chi connectivity index (χ3v) is 5.65. The number of carbonyl (C=O) groups excluding carboxylic acids is 3. The van der Waals surface area contributed by atoms with Crippen LogP contribution >= 0.6 is 0 Å². The molecule has 1 amide bonds. The van der Waals surface area contributed by atoms with E-state index in [-0.39, 0.29) is 43.3 Å². The summed E-state index contributed by atoms with van der Waals surface area (Å²) in [5.41, 5.74) is 7.80. The van der Waals surface area contributed by atoms with Crippen molar-refractivity contribution in [2.24, 2.45) is 11.7 Å². The first-order valence-electron chi connectivity index (χ1n) is 12.4. The molecule has 3 N–H and O–H groups in total. The number of carbonyl (C=O) groups is 3. The zero-order valence-electron chi connectivity index (χ0n) is 22.1. The lowest BCUT2D eigenvalue weighted by Crippen LogP contribution is -2.33. The maximum atomic E-state index is 12.7. The van der Waals surface area contributed by atoms with Crippen molar-refractivity contribution in [2.75, 3.05) is 6.54 Å². The Balaban J connectivity index is 1.73. The van der Waals surface area contributed by atoms with E-state index in [1.807, 2.05) is 26.8 Å². The Morgan fingerprint density at radius 3 is 2.44 bits per heavy atom. The van der Waals surface area contributed by atoms with E-state index in [1.54, 1.807) is 39.0 Å². The largest absolute Gasteiger partial charge is 0.460 e. The van der Waals surface area contributed by atoms with E-state index in [0.29, 0.717) is 30.6 Å². The molecule has 2 aromatic rings. The number of hydrogen-bond donors (Lipinski definition) is 2. The van der Waals surface area contributed by atoms with Gasteiger partial charge < -0.3 is 25.1 Å². The minimum Gasteiger partial charge on any atom is -0.460 e. The summed E-state index contributed by atoms with van der Waals surface area (Å²) in [6, 6.07) is 7.15. The van der Waals surface area contributed by atoms with E-state index in [9.17, 15) is 14.4 Å². The normalized spacial score (nSPS) is 15.7. The summed E-state index contributed by atoms with van der Waals surface area (Å²) in [6.45, 7) is 12.1. The van der Waals surface area contributed by atoms with Crippen LogP contribution in [0.3, 0.4) is 0 Å². The van der Waals surface area contributed by atoms with E-state index in [1.165, 1.54) is 0 Å². The number of nitrogens with two attached hydrogens (primary N) is 1. The maximum absolute atomic E-state index is 12.7. The first-order chi connectivity index (χ1) is 16.8. The van der Waals surface area contributed by atoms with Crippen molar-refractivity contribution < 1.29 is 23.9 Å². The van der Waals surface area contributed by atoms with Crippen LogP contribution in [0.15, 0.2) is 24.3 Å². The summed E-state index contributed by atoms with van der Waals surface area (Å²) in [5.74, 6) is -0.321. The molecule has 3 rings (SSSR count). The van der Waals surface area contributed by atoms with Gasteiger partial charge in [-0.05, 0) is 60.1 Å². The first kappa shape index (κ1) is 27.4. The van der Waals surface area contributed by atoms with E-state index in [0.717, 1.165) is 17.1 Å². The highest BCUT2D eigenvalue weighted by atomic mass is 16.6. The number of nitrogens with zero attached hydrogens (tertiary/aromatic N) is 2. The number of nitrogens with one attached hydrogen (secondary N) is 1. The fourth-order valence-corrected chi connectivity index (χ4v) is 4.17. The van der Waals surface area contributed by atoms with Crippen LogP contribution in [0.5, 0.6) is 0 Å². The van der Waals surface area contributed by atoms with Gasteiger partial charge in [-0.3, -0.25) is 14.4 Å². The molecule has 0 spiro atoms. The highest BCUT2D eigenvalue weighted by molar-refractivity contribution is 5.95. The van der Waals surface area contributed by atoms with Crippen molar-refractivity contribution in [3.63, 3.8) is 0 Å². The Kier molecular flexibility index (Phi) is 8.23. The zero-order chi connectivity index (χ0) is 26.7. The van der Waals surface area contributed by atoms with Crippen molar-refractivity contribution in [3.05, 3.63) is 41.3 Å². The number of benzene rings is 1. The second kappa shape index (κ2) is 10.8. The summed E-state index contributed by atoms with van der Waals surface area (Å²) >= 11 is 0. The minimum atomic E-state index is -0.563. The fraction of sp³-hybridized carbons (Fsp3) is 0.556. The number of hydrogen-bond acceptors (Lipinski definition) is 7. The van der Waals surface area contributed by atoms with Gasteiger partial charge in [0.2, 0.25) is 0 Å². The van der Waals surface area contributed by atoms with Gasteiger partial charge in [-0.15, -0.1) is 0 Å². The Bertz CT molecular complexity index is 1120. The molecule has 2 heterocycles. The Labute approximate surface area is 212 Å². The second-order valence-corrected chi connectivity index (χ2v) is 11.1. The molecule has 9 nitrogen and oxygen atoms in total. The molecule has 0 saturated heterocycles. The van der Waals surface area contributed by atoms with Crippen molar-refractivity contribution >= 4 is 17.8 Å². The molecule has 1 atom stereocenters. The van der Waals surface area contributed by atoms with E-state index < -0.39 is 11.2 Å². The highest BCUT2D eigenvalue weighted by Crippen LogP contribution is 2.31. The minimum absolute atomic E-state index is 0.0899. The van der Waals surface area contributed by atoms with E-state index >= 15 is 0 Å². The molecular weight excluding hydrogens is 460 g/mol. The molecule has 0 radical (unpaired) electrons. The average Bonchev–Trinajstić information content (AvgIpc) is 3.14. The number of imidazole rings is 1. The van der Waals surface area contributed by atoms with Crippen LogP contribution in [0.4, 0.5) is 0 Å². The summed E-state index contributed by atoms with van der Waals surface area (Å²) in [4.78, 5) is 42.0. The number of esters is 2. The zero-order valence-corrected chi connectivity index (χ0v) is 22.1. The summed E-state index contributed by atoms with van der Waals surface area (Å²) in [7, 11) is 0. The fourth-order valence-electron chi connectivity index (χ4n) is 4.17. The van der Waals surface area contributed by atoms with Gasteiger partial charge in [0.25, 0.3) is 5.91 Å². The number of amides is 1. The molecule has 1 aliphatic heterocycles. The number of fused-ring (bicyclic) bond motifs is 1. The monoisotopic (exact) mass is 498 g/mol. The molecular formula is C27H38N4O5. The lowest BCUT2D eigenvalue weighted by atomic mass is 9.97. The van der Waals surface area contributed by atoms with Crippen molar-refractivity contribution in [1.82, 2.24) is 14.9 Å². The molecule has 1 unspecified atom stereocenters. The predicted octanol–water partition coefficient (Wildman–Crippen LogP) is 3.37. The van der Waals surface area contributed by atoms with Gasteiger partial charge in [-0.1, -0.05) is 12.1 Å². The van der Waals surface area contributed by atoms with Crippen LogP contribution in [-0.2, 0) is 38.6 Å². The Morgan fingerprint density at radius 1 is 1.11 bits per heavy atom. The van der Waals surface area contributed by atoms with Crippen LogP contribution in [0.2, 0.25) is 0 Å². The Morgan fingerprint density at radius 2 is 1.81 bits per heavy atom. The smallest absolute Gasteiger partial charge is 0.309 e. The van der Waals surface area contributed by atoms with Crippen LogP contribution < -0.4 is 11.1 Å². The van der Waals surface area contributed by atoms with Crippen LogP contribution in [0, 0.1) is 5.92 Å². The molecule has 0 aliphatic carbocycles. The number of aromatic nitrogens is 2. The lowest BCUT2D eigenvalue weighted by molar-refractivity contribution is -0.160. The third kappa shape index (κ3) is 7.16. The van der Waals surface area contributed by atoms with Gasteiger partial charge >= 0.3 is 11.9 Å². The molecule has 196 valence electrons. The van der Waals surface area contributed by atoms with Crippen LogP contribution in [0.25, 0.3) is 11.3 Å². The predicted molar refractivity (Wildman–Crippen MR) is 136 cm³/mol. The molecule has 0 fully saturated rings. The SMILES string of the molecule is CC(C)(C)OC(=O)CCNC(=O)c1cccc(-c2nc3n(c2CN)CCC(C(=O)OC(C)(C)C)C3)c1. The van der Waals surface area contributed by atoms with Gasteiger partial charge in [0.15, 0.2) is 0 Å². The van der Waals surface area contributed by atoms with Crippen LogP contribution in [0.1, 0.15) is 76.3 Å². The summed E-state index contributed by atoms with van der Waals surface area (Å²) < 4.78 is 12.9. The third-order valence-electron chi connectivity index (χ3n) is 5.65. The summed E-state index contributed by atoms with van der Waals surface area (Å²) in [5, 5.41) is 2.77. The molecule has 0 saturated carbocycles.